The van der Waals surface area contributed by atoms with Crippen LogP contribution in [0.3, 0.4) is 0 Å². The van der Waals surface area contributed by atoms with Gasteiger partial charge in [0.25, 0.3) is 0 Å². The Hall–Kier alpha value is -3.23. The van der Waals surface area contributed by atoms with Gasteiger partial charge in [0.2, 0.25) is 11.8 Å². The first-order valence-electron chi connectivity index (χ1n) is 10.9. The number of aromatic nitrogens is 2. The van der Waals surface area contributed by atoms with E-state index in [1.54, 1.807) is 11.3 Å². The van der Waals surface area contributed by atoms with E-state index in [1.807, 2.05) is 32.9 Å². The maximum absolute atomic E-state index is 12.5. The lowest BCUT2D eigenvalue weighted by atomic mass is 10.1. The number of hydrogen-bond acceptors (Lipinski definition) is 6. The van der Waals surface area contributed by atoms with Crippen LogP contribution in [0.1, 0.15) is 22.3 Å². The van der Waals surface area contributed by atoms with E-state index in [0.717, 1.165) is 48.7 Å². The van der Waals surface area contributed by atoms with E-state index in [1.165, 1.54) is 23.7 Å². The molecule has 0 radical (unpaired) electrons. The normalized spacial score (nSPS) is 10.9. The largest absolute Gasteiger partial charge is 0.346 e. The summed E-state index contributed by atoms with van der Waals surface area (Å²) in [6.07, 6.45) is 1.53. The molecule has 8 heteroatoms. The first kappa shape index (κ1) is 23.9. The van der Waals surface area contributed by atoms with Crippen molar-refractivity contribution in [2.45, 2.75) is 32.7 Å². The number of nitrogens with one attached hydrogen (secondary N) is 2. The molecular weight excluding hydrogens is 464 g/mol. The third-order valence-corrected chi connectivity index (χ3v) is 7.30. The molecular formula is C26H26N4O2S2. The number of thiophene rings is 1. The summed E-state index contributed by atoms with van der Waals surface area (Å²) in [5.74, 6) is -0.320. The van der Waals surface area contributed by atoms with Gasteiger partial charge in [0.1, 0.15) is 16.2 Å². The van der Waals surface area contributed by atoms with Gasteiger partial charge < -0.3 is 10.6 Å². The third-order valence-electron chi connectivity index (χ3n) is 5.43. The molecule has 0 bridgehead atoms. The van der Waals surface area contributed by atoms with Crippen LogP contribution in [-0.4, -0.2) is 34.1 Å². The second kappa shape index (κ2) is 10.4. The number of carbonyl (C=O) groups excluding carboxylic acids is 2. The maximum atomic E-state index is 12.5. The topological polar surface area (TPSA) is 84.0 Å². The van der Waals surface area contributed by atoms with Gasteiger partial charge in [-0.1, -0.05) is 59.3 Å². The summed E-state index contributed by atoms with van der Waals surface area (Å²) >= 11 is 2.91. The van der Waals surface area contributed by atoms with Crippen LogP contribution in [0.4, 0.5) is 5.69 Å². The lowest BCUT2D eigenvalue weighted by Crippen LogP contribution is -2.34. The van der Waals surface area contributed by atoms with E-state index in [-0.39, 0.29) is 24.1 Å². The van der Waals surface area contributed by atoms with Gasteiger partial charge in [-0.2, -0.15) is 0 Å². The van der Waals surface area contributed by atoms with E-state index in [4.69, 9.17) is 0 Å². The fraction of sp³-hybridized carbons (Fsp3) is 0.231. The quantitative estimate of drug-likeness (QED) is 0.266. The summed E-state index contributed by atoms with van der Waals surface area (Å²) < 4.78 is 0. The molecule has 2 aromatic carbocycles. The first-order chi connectivity index (χ1) is 16.3. The highest BCUT2D eigenvalue weighted by atomic mass is 32.2. The SMILES string of the molecule is Cc1ccc(-c2csc3ncnc(SCC(=O)NCC(=O)Nc4c(C)cc(C)cc4C)c23)cc1. The summed E-state index contributed by atoms with van der Waals surface area (Å²) in [6, 6.07) is 12.4. The zero-order valence-electron chi connectivity index (χ0n) is 19.6. The van der Waals surface area contributed by atoms with Gasteiger partial charge in [0.05, 0.1) is 17.7 Å². The Balaban J connectivity index is 1.39. The minimum Gasteiger partial charge on any atom is -0.346 e. The maximum Gasteiger partial charge on any atom is 0.243 e. The molecule has 0 unspecified atom stereocenters. The van der Waals surface area contributed by atoms with Crippen molar-refractivity contribution in [3.05, 3.63) is 70.4 Å². The van der Waals surface area contributed by atoms with Crippen molar-refractivity contribution in [1.29, 1.82) is 0 Å². The molecule has 0 atom stereocenters. The summed E-state index contributed by atoms with van der Waals surface area (Å²) in [7, 11) is 0. The minimum absolute atomic E-state index is 0.0849. The van der Waals surface area contributed by atoms with Crippen molar-refractivity contribution in [1.82, 2.24) is 15.3 Å². The number of rotatable bonds is 7. The monoisotopic (exact) mass is 490 g/mol. The van der Waals surface area contributed by atoms with E-state index >= 15 is 0 Å². The fourth-order valence-corrected chi connectivity index (χ4v) is 5.65. The fourth-order valence-electron chi connectivity index (χ4n) is 3.83. The minimum atomic E-state index is -0.252. The predicted molar refractivity (Wildman–Crippen MR) is 141 cm³/mol. The van der Waals surface area contributed by atoms with E-state index in [2.05, 4.69) is 57.2 Å². The Kier molecular flexibility index (Phi) is 7.29. The molecule has 2 heterocycles. The number of thioether (sulfide) groups is 1. The van der Waals surface area contributed by atoms with Crippen LogP contribution in [-0.2, 0) is 9.59 Å². The zero-order valence-corrected chi connectivity index (χ0v) is 21.2. The van der Waals surface area contributed by atoms with Crippen LogP contribution < -0.4 is 10.6 Å². The van der Waals surface area contributed by atoms with Crippen molar-refractivity contribution in [2.24, 2.45) is 0 Å². The van der Waals surface area contributed by atoms with Crippen LogP contribution >= 0.6 is 23.1 Å². The zero-order chi connectivity index (χ0) is 24.2. The molecule has 4 aromatic rings. The standard InChI is InChI=1S/C26H26N4O2S2/c1-15-5-7-19(8-6-15)20-12-33-25-23(20)26(29-14-28-25)34-13-22(32)27-11-21(31)30-24-17(3)9-16(2)10-18(24)4/h5-10,12,14H,11,13H2,1-4H3,(H,27,32)(H,30,31). The molecule has 0 aliphatic carbocycles. The number of amides is 2. The van der Waals surface area contributed by atoms with E-state index in [9.17, 15) is 9.59 Å². The van der Waals surface area contributed by atoms with Crippen molar-refractivity contribution in [3.8, 4) is 11.1 Å². The summed E-state index contributed by atoms with van der Waals surface area (Å²) in [4.78, 5) is 34.6. The van der Waals surface area contributed by atoms with Crippen molar-refractivity contribution in [3.63, 3.8) is 0 Å². The lowest BCUT2D eigenvalue weighted by Gasteiger charge is -2.13. The van der Waals surface area contributed by atoms with Gasteiger partial charge in [-0.15, -0.1) is 11.3 Å². The van der Waals surface area contributed by atoms with Gasteiger partial charge in [-0.3, -0.25) is 9.59 Å². The summed E-state index contributed by atoms with van der Waals surface area (Å²) in [5.41, 5.74) is 7.30. The summed E-state index contributed by atoms with van der Waals surface area (Å²) in [6.45, 7) is 7.92. The van der Waals surface area contributed by atoms with E-state index < -0.39 is 0 Å². The smallest absolute Gasteiger partial charge is 0.243 e. The molecule has 0 saturated heterocycles. The average molecular weight is 491 g/mol. The number of anilines is 1. The summed E-state index contributed by atoms with van der Waals surface area (Å²) in [5, 5.41) is 9.40. The lowest BCUT2D eigenvalue weighted by molar-refractivity contribution is -0.122. The molecule has 174 valence electrons. The molecule has 2 N–H and O–H groups in total. The van der Waals surface area contributed by atoms with Gasteiger partial charge in [-0.25, -0.2) is 9.97 Å². The van der Waals surface area contributed by atoms with Gasteiger partial charge in [-0.05, 0) is 44.4 Å². The molecule has 6 nitrogen and oxygen atoms in total. The molecule has 2 amide bonds. The van der Waals surface area contributed by atoms with Gasteiger partial charge in [0, 0.05) is 16.6 Å². The predicted octanol–water partition coefficient (Wildman–Crippen LogP) is 5.44. The first-order valence-corrected chi connectivity index (χ1v) is 12.7. The number of fused-ring (bicyclic) bond motifs is 1. The van der Waals surface area contributed by atoms with Gasteiger partial charge >= 0.3 is 0 Å². The van der Waals surface area contributed by atoms with Crippen LogP contribution in [0, 0.1) is 27.7 Å². The number of carbonyl (C=O) groups is 2. The van der Waals surface area contributed by atoms with Crippen molar-refractivity contribution in [2.75, 3.05) is 17.6 Å². The molecule has 4 rings (SSSR count). The number of benzene rings is 2. The number of hydrogen-bond donors (Lipinski definition) is 2. The highest BCUT2D eigenvalue weighted by molar-refractivity contribution is 8.00. The van der Waals surface area contributed by atoms with Gasteiger partial charge in [0.15, 0.2) is 0 Å². The van der Waals surface area contributed by atoms with Crippen LogP contribution in [0.5, 0.6) is 0 Å². The number of aryl methyl sites for hydroxylation is 4. The Morgan fingerprint density at radius 1 is 0.941 bits per heavy atom. The second-order valence-corrected chi connectivity index (χ2v) is 10.1. The van der Waals surface area contributed by atoms with Crippen LogP contribution in [0.25, 0.3) is 21.3 Å². The molecule has 0 spiro atoms. The Labute approximate surface area is 207 Å². The second-order valence-electron chi connectivity index (χ2n) is 8.26. The Morgan fingerprint density at radius 3 is 2.35 bits per heavy atom. The van der Waals surface area contributed by atoms with Crippen molar-refractivity contribution < 1.29 is 9.59 Å². The molecule has 34 heavy (non-hydrogen) atoms. The average Bonchev–Trinajstić information content (AvgIpc) is 3.24. The highest BCUT2D eigenvalue weighted by Gasteiger charge is 2.15. The molecule has 0 aliphatic heterocycles. The molecule has 0 saturated carbocycles. The van der Waals surface area contributed by atoms with E-state index in [0.29, 0.717) is 0 Å². The molecule has 2 aromatic heterocycles. The van der Waals surface area contributed by atoms with Crippen LogP contribution in [0.2, 0.25) is 0 Å². The Morgan fingerprint density at radius 2 is 1.65 bits per heavy atom. The number of nitrogens with zero attached hydrogens (tertiary/aromatic N) is 2. The molecule has 0 fully saturated rings. The Bertz CT molecular complexity index is 1340. The molecule has 0 aliphatic rings. The third kappa shape index (κ3) is 5.46. The highest BCUT2D eigenvalue weighted by Crippen LogP contribution is 2.37. The van der Waals surface area contributed by atoms with Crippen molar-refractivity contribution >= 4 is 50.8 Å². The van der Waals surface area contributed by atoms with Crippen LogP contribution in [0.15, 0.2) is 53.1 Å².